The first-order chi connectivity index (χ1) is 9.49. The number of aromatic nitrogens is 1. The smallest absolute Gasteiger partial charge is 0.321 e. The molecule has 2 amide bonds. The lowest BCUT2D eigenvalue weighted by atomic mass is 10.3. The molecule has 0 radical (unpaired) electrons. The Bertz CT molecular complexity index is 657. The molecule has 0 unspecified atom stereocenters. The molecule has 0 fully saturated rings. The van der Waals surface area contributed by atoms with Crippen molar-refractivity contribution < 1.29 is 14.8 Å². The van der Waals surface area contributed by atoms with Crippen molar-refractivity contribution in [3.8, 4) is 0 Å². The predicted molar refractivity (Wildman–Crippen MR) is 75.0 cm³/mol. The molecule has 2 aromatic rings. The molecule has 0 saturated carbocycles. The number of nitro groups is 1. The molecule has 106 valence electrons. The van der Waals surface area contributed by atoms with E-state index in [9.17, 15) is 14.9 Å². The molecular formula is C11H12N4O4S. The summed E-state index contributed by atoms with van der Waals surface area (Å²) >= 11 is 1.14. The lowest BCUT2D eigenvalue weighted by Crippen LogP contribution is -2.38. The zero-order chi connectivity index (χ0) is 14.7. The van der Waals surface area contributed by atoms with Gasteiger partial charge in [-0.05, 0) is 13.0 Å². The predicted octanol–water partition coefficient (Wildman–Crippen LogP) is 1.71. The number of benzene rings is 1. The molecule has 9 heteroatoms. The highest BCUT2D eigenvalue weighted by Crippen LogP contribution is 2.28. The van der Waals surface area contributed by atoms with Gasteiger partial charge in [-0.3, -0.25) is 15.4 Å². The van der Waals surface area contributed by atoms with Gasteiger partial charge in [-0.15, -0.1) is 0 Å². The van der Waals surface area contributed by atoms with Crippen LogP contribution in [0.1, 0.15) is 6.92 Å². The van der Waals surface area contributed by atoms with Crippen LogP contribution in [0.25, 0.3) is 10.2 Å². The number of anilines is 1. The van der Waals surface area contributed by atoms with Gasteiger partial charge in [0.2, 0.25) is 0 Å². The first-order valence-corrected chi connectivity index (χ1v) is 6.54. The molecule has 1 heterocycles. The molecule has 1 aromatic heterocycles. The maximum Gasteiger partial charge on any atom is 0.321 e. The fourth-order valence-electron chi connectivity index (χ4n) is 1.48. The zero-order valence-corrected chi connectivity index (χ0v) is 11.3. The Balaban J connectivity index is 2.15. The van der Waals surface area contributed by atoms with Crippen molar-refractivity contribution in [3.63, 3.8) is 0 Å². The number of fused-ring (bicyclic) bond motifs is 1. The van der Waals surface area contributed by atoms with E-state index in [0.717, 1.165) is 11.3 Å². The van der Waals surface area contributed by atoms with Gasteiger partial charge in [0.05, 0.1) is 27.8 Å². The molecule has 0 spiro atoms. The number of nitro benzene ring substituents is 1. The highest BCUT2D eigenvalue weighted by Gasteiger charge is 2.12. The number of aliphatic hydroxyl groups excluding tert-OH is 1. The van der Waals surface area contributed by atoms with Gasteiger partial charge in [0.1, 0.15) is 0 Å². The first-order valence-electron chi connectivity index (χ1n) is 5.73. The van der Waals surface area contributed by atoms with E-state index in [1.54, 1.807) is 6.92 Å². The van der Waals surface area contributed by atoms with Gasteiger partial charge in [0, 0.05) is 12.1 Å². The molecule has 0 bridgehead atoms. The van der Waals surface area contributed by atoms with E-state index in [4.69, 9.17) is 5.11 Å². The van der Waals surface area contributed by atoms with Crippen LogP contribution >= 0.6 is 11.3 Å². The summed E-state index contributed by atoms with van der Waals surface area (Å²) in [5.41, 5.74) is 0.553. The fourth-order valence-corrected chi connectivity index (χ4v) is 2.38. The summed E-state index contributed by atoms with van der Waals surface area (Å²) in [6.45, 7) is 1.49. The van der Waals surface area contributed by atoms with E-state index < -0.39 is 11.0 Å². The van der Waals surface area contributed by atoms with E-state index in [0.29, 0.717) is 15.3 Å². The molecule has 1 aromatic carbocycles. The van der Waals surface area contributed by atoms with Gasteiger partial charge in [0.25, 0.3) is 5.69 Å². The third kappa shape index (κ3) is 3.19. The number of hydrogen-bond acceptors (Lipinski definition) is 6. The minimum absolute atomic E-state index is 0.0222. The number of aliphatic hydroxyl groups is 1. The average Bonchev–Trinajstić information content (AvgIpc) is 2.78. The fraction of sp³-hybridized carbons (Fsp3) is 0.273. The summed E-state index contributed by atoms with van der Waals surface area (Å²) in [5, 5.41) is 24.9. The van der Waals surface area contributed by atoms with Gasteiger partial charge in [0.15, 0.2) is 5.13 Å². The highest BCUT2D eigenvalue weighted by molar-refractivity contribution is 7.22. The number of amides is 2. The van der Waals surface area contributed by atoms with Crippen molar-refractivity contribution in [1.29, 1.82) is 0 Å². The van der Waals surface area contributed by atoms with Crippen molar-refractivity contribution in [2.75, 3.05) is 11.9 Å². The highest BCUT2D eigenvalue weighted by atomic mass is 32.1. The van der Waals surface area contributed by atoms with Gasteiger partial charge in [-0.1, -0.05) is 11.3 Å². The molecule has 0 aliphatic rings. The van der Waals surface area contributed by atoms with E-state index in [1.807, 2.05) is 0 Å². The zero-order valence-electron chi connectivity index (χ0n) is 10.5. The molecule has 3 N–H and O–H groups in total. The second kappa shape index (κ2) is 5.80. The van der Waals surface area contributed by atoms with E-state index in [1.165, 1.54) is 18.2 Å². The minimum Gasteiger partial charge on any atom is -0.394 e. The molecular weight excluding hydrogens is 284 g/mol. The second-order valence-electron chi connectivity index (χ2n) is 4.11. The summed E-state index contributed by atoms with van der Waals surface area (Å²) in [7, 11) is 0. The Hall–Kier alpha value is -2.26. The Morgan fingerprint density at radius 3 is 3.00 bits per heavy atom. The van der Waals surface area contributed by atoms with Crippen LogP contribution in [0.2, 0.25) is 0 Å². The molecule has 0 aliphatic heterocycles. The summed E-state index contributed by atoms with van der Waals surface area (Å²) < 4.78 is 0.615. The van der Waals surface area contributed by atoms with Crippen LogP contribution in [0.5, 0.6) is 0 Å². The topological polar surface area (TPSA) is 117 Å². The molecule has 0 saturated heterocycles. The number of hydrogen-bond donors (Lipinski definition) is 3. The van der Waals surface area contributed by atoms with Crippen LogP contribution in [0.4, 0.5) is 15.6 Å². The van der Waals surface area contributed by atoms with Crippen molar-refractivity contribution in [2.45, 2.75) is 13.0 Å². The van der Waals surface area contributed by atoms with E-state index in [2.05, 4.69) is 15.6 Å². The normalized spacial score (nSPS) is 12.1. The Morgan fingerprint density at radius 2 is 2.35 bits per heavy atom. The van der Waals surface area contributed by atoms with Crippen LogP contribution in [-0.4, -0.2) is 33.7 Å². The number of nitrogens with one attached hydrogen (secondary N) is 2. The van der Waals surface area contributed by atoms with Crippen LogP contribution in [0.3, 0.4) is 0 Å². The summed E-state index contributed by atoms with van der Waals surface area (Å²) in [4.78, 5) is 25.9. The van der Waals surface area contributed by atoms with Gasteiger partial charge in [-0.2, -0.15) is 0 Å². The van der Waals surface area contributed by atoms with Crippen molar-refractivity contribution in [3.05, 3.63) is 28.3 Å². The largest absolute Gasteiger partial charge is 0.394 e. The van der Waals surface area contributed by atoms with Crippen molar-refractivity contribution >= 4 is 38.4 Å². The lowest BCUT2D eigenvalue weighted by molar-refractivity contribution is -0.384. The Morgan fingerprint density at radius 1 is 1.60 bits per heavy atom. The third-order valence-electron chi connectivity index (χ3n) is 2.45. The van der Waals surface area contributed by atoms with Crippen LogP contribution < -0.4 is 10.6 Å². The third-order valence-corrected chi connectivity index (χ3v) is 3.39. The van der Waals surface area contributed by atoms with Crippen molar-refractivity contribution in [1.82, 2.24) is 10.3 Å². The number of thiazole rings is 1. The summed E-state index contributed by atoms with van der Waals surface area (Å²) in [6.07, 6.45) is 0. The molecule has 20 heavy (non-hydrogen) atoms. The molecule has 1 atom stereocenters. The van der Waals surface area contributed by atoms with Crippen molar-refractivity contribution in [2.24, 2.45) is 0 Å². The number of rotatable bonds is 4. The first kappa shape index (κ1) is 14.2. The standard InChI is InChI=1S/C11H12N4O4S/c1-6(5-16)12-10(17)14-11-13-8-3-2-7(15(18)19)4-9(8)20-11/h2-4,6,16H,5H2,1H3,(H2,12,13,14,17)/t6-/m0/s1. The van der Waals surface area contributed by atoms with E-state index >= 15 is 0 Å². The molecule has 0 aliphatic carbocycles. The van der Waals surface area contributed by atoms with Gasteiger partial charge >= 0.3 is 6.03 Å². The molecule has 2 rings (SSSR count). The lowest BCUT2D eigenvalue weighted by Gasteiger charge is -2.09. The SMILES string of the molecule is C[C@@H](CO)NC(=O)Nc1nc2ccc([N+](=O)[O-])cc2s1. The van der Waals surface area contributed by atoms with Gasteiger partial charge in [-0.25, -0.2) is 9.78 Å². The number of carbonyl (C=O) groups excluding carboxylic acids is 1. The maximum absolute atomic E-state index is 11.6. The van der Waals surface area contributed by atoms with Crippen LogP contribution in [0.15, 0.2) is 18.2 Å². The minimum atomic E-state index is -0.486. The van der Waals surface area contributed by atoms with Crippen LogP contribution in [-0.2, 0) is 0 Å². The molecule has 8 nitrogen and oxygen atoms in total. The number of urea groups is 1. The summed E-state index contributed by atoms with van der Waals surface area (Å²) in [6, 6.07) is 3.45. The second-order valence-corrected chi connectivity index (χ2v) is 5.14. The quantitative estimate of drug-likeness (QED) is 0.586. The Labute approximate surface area is 117 Å². The number of carbonyl (C=O) groups is 1. The van der Waals surface area contributed by atoms with Gasteiger partial charge < -0.3 is 10.4 Å². The average molecular weight is 296 g/mol. The maximum atomic E-state index is 11.6. The number of nitrogens with zero attached hydrogens (tertiary/aromatic N) is 2. The van der Waals surface area contributed by atoms with E-state index in [-0.39, 0.29) is 18.3 Å². The summed E-state index contributed by atoms with van der Waals surface area (Å²) in [5.74, 6) is 0. The van der Waals surface area contributed by atoms with Crippen LogP contribution in [0, 0.1) is 10.1 Å². The monoisotopic (exact) mass is 296 g/mol. The Kier molecular flexibility index (Phi) is 4.11. The number of non-ortho nitro benzene ring substituents is 1.